The van der Waals surface area contributed by atoms with Crippen LogP contribution < -0.4 is 10.6 Å². The van der Waals surface area contributed by atoms with Gasteiger partial charge in [0.05, 0.1) is 6.10 Å². The quantitative estimate of drug-likeness (QED) is 0.740. The zero-order valence-electron chi connectivity index (χ0n) is 11.4. The van der Waals surface area contributed by atoms with Crippen LogP contribution in [0.3, 0.4) is 0 Å². The normalized spacial score (nSPS) is 28.0. The monoisotopic (exact) mass is 288 g/mol. The van der Waals surface area contributed by atoms with Crippen molar-refractivity contribution in [3.05, 3.63) is 12.7 Å². The molecule has 3 heterocycles. The van der Waals surface area contributed by atoms with Crippen LogP contribution in [0.15, 0.2) is 12.7 Å². The van der Waals surface area contributed by atoms with Gasteiger partial charge >= 0.3 is 0 Å². The molecule has 0 radical (unpaired) electrons. The number of nitrogen functional groups attached to an aromatic ring is 1. The first-order valence-electron chi connectivity index (χ1n) is 7.00. The van der Waals surface area contributed by atoms with E-state index >= 15 is 0 Å². The maximum absolute atomic E-state index is 10.00. The number of aliphatic hydroxyl groups is 1. The molecule has 1 saturated carbocycles. The van der Waals surface area contributed by atoms with E-state index in [1.165, 1.54) is 17.3 Å². The number of fused-ring (bicyclic) bond motifs is 1. The molecule has 1 aliphatic carbocycles. The summed E-state index contributed by atoms with van der Waals surface area (Å²) in [5.74, 6) is 1.86. The predicted molar refractivity (Wildman–Crippen MR) is 73.6 cm³/mol. The van der Waals surface area contributed by atoms with Crippen molar-refractivity contribution in [1.82, 2.24) is 29.7 Å². The van der Waals surface area contributed by atoms with Crippen molar-refractivity contribution in [3.63, 3.8) is 0 Å². The Morgan fingerprint density at radius 3 is 2.76 bits per heavy atom. The molecule has 0 amide bonds. The molecule has 4 rings (SSSR count). The van der Waals surface area contributed by atoms with E-state index in [1.54, 1.807) is 0 Å². The highest BCUT2D eigenvalue weighted by Gasteiger charge is 2.42. The zero-order valence-corrected chi connectivity index (χ0v) is 11.4. The molecule has 1 aliphatic heterocycles. The predicted octanol–water partition coefficient (Wildman–Crippen LogP) is -0.758. The van der Waals surface area contributed by atoms with E-state index < -0.39 is 0 Å². The van der Waals surface area contributed by atoms with Crippen molar-refractivity contribution in [3.8, 4) is 5.95 Å². The number of aromatic nitrogens is 6. The lowest BCUT2D eigenvalue weighted by Crippen LogP contribution is -2.27. The fourth-order valence-electron chi connectivity index (χ4n) is 3.32. The Balaban J connectivity index is 1.64. The Hall–Kier alpha value is -2.29. The van der Waals surface area contributed by atoms with Gasteiger partial charge in [0.1, 0.15) is 12.7 Å². The Bertz CT molecular complexity index is 645. The number of rotatable bonds is 2. The van der Waals surface area contributed by atoms with Crippen molar-refractivity contribution < 1.29 is 5.11 Å². The van der Waals surface area contributed by atoms with Gasteiger partial charge in [0.25, 0.3) is 5.95 Å². The van der Waals surface area contributed by atoms with Crippen LogP contribution in [-0.4, -0.2) is 54.0 Å². The van der Waals surface area contributed by atoms with Crippen LogP contribution in [0.2, 0.25) is 0 Å². The summed E-state index contributed by atoms with van der Waals surface area (Å²) in [7, 11) is 0. The number of aliphatic hydroxyl groups excluding tert-OH is 1. The largest absolute Gasteiger partial charge is 0.393 e. The molecule has 0 bridgehead atoms. The van der Waals surface area contributed by atoms with Crippen LogP contribution >= 0.6 is 0 Å². The maximum Gasteiger partial charge on any atom is 0.258 e. The van der Waals surface area contributed by atoms with E-state index in [1.807, 2.05) is 0 Å². The van der Waals surface area contributed by atoms with E-state index in [0.717, 1.165) is 25.9 Å². The first-order chi connectivity index (χ1) is 10.2. The standard InChI is InChI=1S/C12H16N8O/c13-10-16-11(18-12(17-10)20-6-14-5-15-20)19-3-7-1-2-9(21)8(7)4-19/h5-9,21H,1-4H2,(H2,13,16,17,18). The summed E-state index contributed by atoms with van der Waals surface area (Å²) < 4.78 is 1.45. The van der Waals surface area contributed by atoms with Gasteiger partial charge in [0.2, 0.25) is 11.9 Å². The SMILES string of the molecule is Nc1nc(N2CC3CCC(O)C3C2)nc(-n2cncn2)n1. The highest BCUT2D eigenvalue weighted by molar-refractivity contribution is 5.39. The summed E-state index contributed by atoms with van der Waals surface area (Å²) >= 11 is 0. The molecular weight excluding hydrogens is 272 g/mol. The lowest BCUT2D eigenvalue weighted by Gasteiger charge is -2.18. The van der Waals surface area contributed by atoms with Crippen molar-refractivity contribution in [1.29, 1.82) is 0 Å². The van der Waals surface area contributed by atoms with Gasteiger partial charge in [-0.1, -0.05) is 0 Å². The minimum absolute atomic E-state index is 0.156. The Labute approximate surface area is 120 Å². The topological polar surface area (TPSA) is 119 Å². The fraction of sp³-hybridized carbons (Fsp3) is 0.583. The average Bonchev–Trinajstić information content (AvgIpc) is 3.17. The van der Waals surface area contributed by atoms with Crippen molar-refractivity contribution in [2.45, 2.75) is 18.9 Å². The van der Waals surface area contributed by atoms with E-state index in [9.17, 15) is 5.11 Å². The van der Waals surface area contributed by atoms with Gasteiger partial charge in [0.15, 0.2) is 0 Å². The summed E-state index contributed by atoms with van der Waals surface area (Å²) in [6, 6.07) is 0. The Kier molecular flexibility index (Phi) is 2.74. The smallest absolute Gasteiger partial charge is 0.258 e. The molecule has 9 heteroatoms. The van der Waals surface area contributed by atoms with Crippen LogP contribution in [0, 0.1) is 11.8 Å². The van der Waals surface area contributed by atoms with Crippen LogP contribution in [0.1, 0.15) is 12.8 Å². The second kappa shape index (κ2) is 4.62. The summed E-state index contributed by atoms with van der Waals surface area (Å²) in [6.07, 6.45) is 4.66. The van der Waals surface area contributed by atoms with Gasteiger partial charge in [-0.25, -0.2) is 4.98 Å². The second-order valence-electron chi connectivity index (χ2n) is 5.61. The first-order valence-corrected chi connectivity index (χ1v) is 7.00. The molecular formula is C12H16N8O. The summed E-state index contributed by atoms with van der Waals surface area (Å²) in [4.78, 5) is 18.6. The molecule has 2 aliphatic rings. The summed E-state index contributed by atoms with van der Waals surface area (Å²) in [5, 5.41) is 14.0. The van der Waals surface area contributed by atoms with E-state index in [-0.39, 0.29) is 12.1 Å². The molecule has 2 aromatic heterocycles. The number of hydrogen-bond acceptors (Lipinski definition) is 8. The highest BCUT2D eigenvalue weighted by Crippen LogP contribution is 2.39. The van der Waals surface area contributed by atoms with E-state index in [2.05, 4.69) is 29.9 Å². The molecule has 3 unspecified atom stereocenters. The van der Waals surface area contributed by atoms with Crippen LogP contribution in [0.4, 0.5) is 11.9 Å². The average molecular weight is 288 g/mol. The number of anilines is 2. The van der Waals surface area contributed by atoms with Crippen molar-refractivity contribution in [2.24, 2.45) is 11.8 Å². The van der Waals surface area contributed by atoms with E-state index in [0.29, 0.717) is 23.7 Å². The third-order valence-corrected chi connectivity index (χ3v) is 4.35. The van der Waals surface area contributed by atoms with Crippen LogP contribution in [0.25, 0.3) is 5.95 Å². The fourth-order valence-corrected chi connectivity index (χ4v) is 3.32. The molecule has 0 spiro atoms. The highest BCUT2D eigenvalue weighted by atomic mass is 16.3. The maximum atomic E-state index is 10.00. The number of nitrogens with two attached hydrogens (primary N) is 1. The molecule has 0 aromatic carbocycles. The second-order valence-corrected chi connectivity index (χ2v) is 5.61. The molecule has 2 fully saturated rings. The Morgan fingerprint density at radius 1 is 1.14 bits per heavy atom. The minimum Gasteiger partial charge on any atom is -0.393 e. The van der Waals surface area contributed by atoms with Crippen molar-refractivity contribution in [2.75, 3.05) is 23.7 Å². The number of nitrogens with zero attached hydrogens (tertiary/aromatic N) is 7. The van der Waals surface area contributed by atoms with Gasteiger partial charge in [-0.05, 0) is 18.8 Å². The molecule has 2 aromatic rings. The number of hydrogen-bond donors (Lipinski definition) is 2. The third kappa shape index (κ3) is 2.09. The van der Waals surface area contributed by atoms with Crippen molar-refractivity contribution >= 4 is 11.9 Å². The molecule has 3 atom stereocenters. The van der Waals surface area contributed by atoms with E-state index in [4.69, 9.17) is 5.73 Å². The third-order valence-electron chi connectivity index (χ3n) is 4.35. The van der Waals surface area contributed by atoms with Gasteiger partial charge in [-0.2, -0.15) is 24.7 Å². The first kappa shape index (κ1) is 12.5. The van der Waals surface area contributed by atoms with Gasteiger partial charge in [0, 0.05) is 19.0 Å². The van der Waals surface area contributed by atoms with Crippen LogP contribution in [0.5, 0.6) is 0 Å². The molecule has 110 valence electrons. The molecule has 21 heavy (non-hydrogen) atoms. The van der Waals surface area contributed by atoms with Gasteiger partial charge in [-0.15, -0.1) is 0 Å². The van der Waals surface area contributed by atoms with Crippen LogP contribution in [-0.2, 0) is 0 Å². The molecule has 9 nitrogen and oxygen atoms in total. The minimum atomic E-state index is -0.214. The van der Waals surface area contributed by atoms with Gasteiger partial charge in [-0.3, -0.25) is 0 Å². The molecule has 3 N–H and O–H groups in total. The Morgan fingerprint density at radius 2 is 2.00 bits per heavy atom. The lowest BCUT2D eigenvalue weighted by atomic mass is 10.00. The summed E-state index contributed by atoms with van der Waals surface area (Å²) in [6.45, 7) is 1.61. The zero-order chi connectivity index (χ0) is 14.4. The van der Waals surface area contributed by atoms with Gasteiger partial charge < -0.3 is 15.7 Å². The molecule has 1 saturated heterocycles. The lowest BCUT2D eigenvalue weighted by molar-refractivity contribution is 0.133. The summed E-state index contributed by atoms with van der Waals surface area (Å²) in [5.41, 5.74) is 5.78.